The minimum Gasteiger partial charge on any atom is -0.449 e. The lowest BCUT2D eigenvalue weighted by Crippen LogP contribution is -2.35. The second-order valence-electron chi connectivity index (χ2n) is 7.74. The third kappa shape index (κ3) is 8.08. The Morgan fingerprint density at radius 1 is 1.20 bits per heavy atom. The molecule has 3 rings (SSSR count). The highest BCUT2D eigenvalue weighted by atomic mass is 32.2. The number of hydrogen-bond donors (Lipinski definition) is 1. The minimum absolute atomic E-state index is 0.0230. The molecule has 0 bridgehead atoms. The molecule has 9 nitrogen and oxygen atoms in total. The highest BCUT2D eigenvalue weighted by molar-refractivity contribution is 7.90. The Hall–Kier alpha value is -2.90. The van der Waals surface area contributed by atoms with Crippen LogP contribution < -0.4 is 9.46 Å². The third-order valence-corrected chi connectivity index (χ3v) is 6.40. The number of morpholine rings is 1. The number of amides is 1. The molecule has 1 aliphatic rings. The van der Waals surface area contributed by atoms with E-state index < -0.39 is 33.1 Å². The highest BCUT2D eigenvalue weighted by Crippen LogP contribution is 2.32. The first-order valence-electron chi connectivity index (χ1n) is 10.9. The van der Waals surface area contributed by atoms with Crippen molar-refractivity contribution in [3.8, 4) is 17.0 Å². The SMILES string of the molecule is CCCCOC(=O)NS(=O)(=O)c1ccc(OC(F)(F)F)cc1-c1ccc(CN2CCOCC2)cn1. The fourth-order valence-electron chi connectivity index (χ4n) is 3.34. The molecule has 1 aromatic carbocycles. The number of sulfonamides is 1. The van der Waals surface area contributed by atoms with Gasteiger partial charge in [0.1, 0.15) is 5.75 Å². The van der Waals surface area contributed by atoms with Crippen molar-refractivity contribution in [3.05, 3.63) is 42.1 Å². The van der Waals surface area contributed by atoms with E-state index in [1.165, 1.54) is 12.3 Å². The molecule has 35 heavy (non-hydrogen) atoms. The largest absolute Gasteiger partial charge is 0.573 e. The first-order chi connectivity index (χ1) is 16.6. The number of alkyl halides is 3. The minimum atomic E-state index is -4.98. The number of carbonyl (C=O) groups excluding carboxylic acids is 1. The maximum absolute atomic E-state index is 12.9. The van der Waals surface area contributed by atoms with E-state index in [9.17, 15) is 26.4 Å². The number of halogens is 3. The maximum atomic E-state index is 12.9. The zero-order valence-corrected chi connectivity index (χ0v) is 19.8. The Bertz CT molecular complexity index is 1100. The van der Waals surface area contributed by atoms with Crippen molar-refractivity contribution >= 4 is 16.1 Å². The molecular formula is C22H26F3N3O6S. The summed E-state index contributed by atoms with van der Waals surface area (Å²) < 4.78 is 79.9. The number of rotatable bonds is 9. The Morgan fingerprint density at radius 3 is 2.57 bits per heavy atom. The van der Waals surface area contributed by atoms with Crippen LogP contribution in [0.15, 0.2) is 41.4 Å². The van der Waals surface area contributed by atoms with E-state index in [1.54, 1.807) is 10.8 Å². The molecule has 192 valence electrons. The molecule has 2 aromatic rings. The summed E-state index contributed by atoms with van der Waals surface area (Å²) in [4.78, 5) is 17.9. The van der Waals surface area contributed by atoms with Gasteiger partial charge in [0.25, 0.3) is 10.0 Å². The topological polar surface area (TPSA) is 107 Å². The van der Waals surface area contributed by atoms with Crippen LogP contribution in [0.5, 0.6) is 5.75 Å². The Balaban J connectivity index is 1.89. The molecule has 0 aliphatic carbocycles. The number of aromatic nitrogens is 1. The van der Waals surface area contributed by atoms with Crippen LogP contribution in [0.2, 0.25) is 0 Å². The van der Waals surface area contributed by atoms with Gasteiger partial charge in [-0.3, -0.25) is 9.88 Å². The van der Waals surface area contributed by atoms with E-state index in [4.69, 9.17) is 9.47 Å². The van der Waals surface area contributed by atoms with Gasteiger partial charge in [-0.05, 0) is 36.2 Å². The van der Waals surface area contributed by atoms with Crippen molar-refractivity contribution in [2.75, 3.05) is 32.9 Å². The molecule has 0 radical (unpaired) electrons. The first kappa shape index (κ1) is 26.7. The lowest BCUT2D eigenvalue weighted by Gasteiger charge is -2.26. The van der Waals surface area contributed by atoms with E-state index in [1.807, 2.05) is 6.92 Å². The highest BCUT2D eigenvalue weighted by Gasteiger charge is 2.32. The number of pyridine rings is 1. The summed E-state index contributed by atoms with van der Waals surface area (Å²) in [7, 11) is -4.49. The summed E-state index contributed by atoms with van der Waals surface area (Å²) in [6.45, 7) is 5.22. The molecule has 13 heteroatoms. The van der Waals surface area contributed by atoms with Gasteiger partial charge in [-0.2, -0.15) is 0 Å². The predicted octanol–water partition coefficient (Wildman–Crippen LogP) is 3.69. The van der Waals surface area contributed by atoms with Crippen molar-refractivity contribution in [2.45, 2.75) is 37.6 Å². The van der Waals surface area contributed by atoms with E-state index in [0.717, 1.165) is 43.3 Å². The molecule has 0 spiro atoms. The van der Waals surface area contributed by atoms with Crippen molar-refractivity contribution in [2.24, 2.45) is 0 Å². The third-order valence-electron chi connectivity index (χ3n) is 5.03. The number of ether oxygens (including phenoxy) is 3. The van der Waals surface area contributed by atoms with E-state index in [-0.39, 0.29) is 17.9 Å². The molecule has 1 saturated heterocycles. The Kier molecular flexibility index (Phi) is 8.92. The van der Waals surface area contributed by atoms with Crippen LogP contribution in [-0.2, 0) is 26.0 Å². The Labute approximate surface area is 201 Å². The van der Waals surface area contributed by atoms with Crippen LogP contribution in [0.1, 0.15) is 25.3 Å². The van der Waals surface area contributed by atoms with E-state index in [2.05, 4.69) is 14.6 Å². The smallest absolute Gasteiger partial charge is 0.449 e. The van der Waals surface area contributed by atoms with Gasteiger partial charge in [0.15, 0.2) is 0 Å². The van der Waals surface area contributed by atoms with Gasteiger partial charge in [-0.1, -0.05) is 19.4 Å². The fourth-order valence-corrected chi connectivity index (χ4v) is 4.43. The lowest BCUT2D eigenvalue weighted by atomic mass is 10.1. The van der Waals surface area contributed by atoms with Crippen molar-refractivity contribution < 1.29 is 40.6 Å². The van der Waals surface area contributed by atoms with Crippen LogP contribution in [0, 0.1) is 0 Å². The average molecular weight is 518 g/mol. The lowest BCUT2D eigenvalue weighted by molar-refractivity contribution is -0.274. The van der Waals surface area contributed by atoms with Crippen molar-refractivity contribution in [1.29, 1.82) is 0 Å². The summed E-state index contributed by atoms with van der Waals surface area (Å²) in [5, 5.41) is 0. The average Bonchev–Trinajstić information content (AvgIpc) is 2.79. The van der Waals surface area contributed by atoms with Gasteiger partial charge >= 0.3 is 12.5 Å². The molecular weight excluding hydrogens is 491 g/mol. The summed E-state index contributed by atoms with van der Waals surface area (Å²) >= 11 is 0. The monoisotopic (exact) mass is 517 g/mol. The predicted molar refractivity (Wildman–Crippen MR) is 119 cm³/mol. The summed E-state index contributed by atoms with van der Waals surface area (Å²) in [6.07, 6.45) is -3.37. The van der Waals surface area contributed by atoms with Crippen LogP contribution in [-0.4, -0.2) is 63.7 Å². The second kappa shape index (κ2) is 11.7. The van der Waals surface area contributed by atoms with Crippen LogP contribution >= 0.6 is 0 Å². The maximum Gasteiger partial charge on any atom is 0.573 e. The van der Waals surface area contributed by atoms with Gasteiger partial charge in [0.05, 0.1) is 30.4 Å². The number of nitrogens with zero attached hydrogens (tertiary/aromatic N) is 2. The Morgan fingerprint density at radius 2 is 1.94 bits per heavy atom. The number of unbranched alkanes of at least 4 members (excludes halogenated alkanes) is 1. The summed E-state index contributed by atoms with van der Waals surface area (Å²) in [5.41, 5.74) is 0.752. The number of hydrogen-bond acceptors (Lipinski definition) is 8. The summed E-state index contributed by atoms with van der Waals surface area (Å²) in [5.74, 6) is -0.629. The van der Waals surface area contributed by atoms with Crippen LogP contribution in [0.25, 0.3) is 11.3 Å². The van der Waals surface area contributed by atoms with Gasteiger partial charge in [0.2, 0.25) is 0 Å². The standard InChI is InChI=1S/C22H26F3N3O6S/c1-2-3-10-33-21(29)27-35(30,31)20-7-5-17(34-22(23,24)25)13-18(20)19-6-4-16(14-26-19)15-28-8-11-32-12-9-28/h4-7,13-14H,2-3,8-12,15H2,1H3,(H,27,29). The van der Waals surface area contributed by atoms with E-state index >= 15 is 0 Å². The zero-order valence-electron chi connectivity index (χ0n) is 19.0. The number of carbonyl (C=O) groups is 1. The van der Waals surface area contributed by atoms with Gasteiger partial charge in [0, 0.05) is 31.4 Å². The normalized spacial score (nSPS) is 15.0. The van der Waals surface area contributed by atoms with Crippen molar-refractivity contribution in [1.82, 2.24) is 14.6 Å². The van der Waals surface area contributed by atoms with Crippen LogP contribution in [0.3, 0.4) is 0 Å². The van der Waals surface area contributed by atoms with Crippen molar-refractivity contribution in [3.63, 3.8) is 0 Å². The molecule has 1 amide bonds. The number of benzene rings is 1. The summed E-state index contributed by atoms with van der Waals surface area (Å²) in [6, 6.07) is 5.88. The molecule has 0 atom stereocenters. The zero-order chi connectivity index (χ0) is 25.5. The number of nitrogens with one attached hydrogen (secondary N) is 1. The van der Waals surface area contributed by atoms with Gasteiger partial charge in [-0.25, -0.2) is 17.9 Å². The molecule has 1 N–H and O–H groups in total. The van der Waals surface area contributed by atoms with Gasteiger partial charge < -0.3 is 14.2 Å². The van der Waals surface area contributed by atoms with E-state index in [0.29, 0.717) is 26.2 Å². The second-order valence-corrected chi connectivity index (χ2v) is 9.39. The molecule has 0 unspecified atom stereocenters. The fraction of sp³-hybridized carbons (Fsp3) is 0.455. The first-order valence-corrected chi connectivity index (χ1v) is 12.4. The molecule has 1 aliphatic heterocycles. The van der Waals surface area contributed by atoms with Crippen LogP contribution in [0.4, 0.5) is 18.0 Å². The molecule has 1 fully saturated rings. The molecule has 1 aromatic heterocycles. The van der Waals surface area contributed by atoms with Gasteiger partial charge in [-0.15, -0.1) is 13.2 Å². The molecule has 2 heterocycles. The molecule has 0 saturated carbocycles. The quantitative estimate of drug-likeness (QED) is 0.502.